The van der Waals surface area contributed by atoms with Gasteiger partial charge in [-0.05, 0) is 24.6 Å². The molecule has 9 nitrogen and oxygen atoms in total. The summed E-state index contributed by atoms with van der Waals surface area (Å²) in [5, 5.41) is 40.3. The Morgan fingerprint density at radius 1 is 1.21 bits per heavy atom. The van der Waals surface area contributed by atoms with E-state index in [-0.39, 0.29) is 11.1 Å². The Labute approximate surface area is 135 Å². The van der Waals surface area contributed by atoms with E-state index < -0.39 is 49.5 Å². The Morgan fingerprint density at radius 3 is 2.29 bits per heavy atom. The largest absolute Gasteiger partial charge is 0.481 e. The highest BCUT2D eigenvalue weighted by Crippen LogP contribution is 2.50. The van der Waals surface area contributed by atoms with Crippen molar-refractivity contribution >= 4 is 13.5 Å². The van der Waals surface area contributed by atoms with E-state index >= 15 is 0 Å². The van der Waals surface area contributed by atoms with E-state index in [0.717, 1.165) is 18.2 Å². The Kier molecular flexibility index (Phi) is 5.09. The van der Waals surface area contributed by atoms with Crippen LogP contribution in [0, 0.1) is 12.7 Å². The summed E-state index contributed by atoms with van der Waals surface area (Å²) >= 11 is 0. The summed E-state index contributed by atoms with van der Waals surface area (Å²) in [6.07, 6.45) is -8.68. The Morgan fingerprint density at radius 2 is 1.79 bits per heavy atom. The molecule has 1 saturated heterocycles. The van der Waals surface area contributed by atoms with Crippen molar-refractivity contribution in [1.82, 2.24) is 0 Å². The fourth-order valence-corrected chi connectivity index (χ4v) is 3.10. The monoisotopic (exact) mass is 367 g/mol. The minimum absolute atomic E-state index is 0.0874. The van der Waals surface area contributed by atoms with Gasteiger partial charge in [-0.3, -0.25) is 0 Å². The van der Waals surface area contributed by atoms with Gasteiger partial charge in [-0.2, -0.15) is 14.7 Å². The topological polar surface area (TPSA) is 168 Å². The SMILES string of the molecule is Cc1cc(F)ccc1C1(O)O[C@H](C(=O)[P+](O)(O)O)[C@@H](O)[C@H](O)[C@@H]1O. The number of aryl methyl sites for hydroxylation is 1. The zero-order valence-electron chi connectivity index (χ0n) is 12.3. The number of rotatable bonds is 3. The summed E-state index contributed by atoms with van der Waals surface area (Å²) in [5.41, 5.74) is -1.90. The highest BCUT2D eigenvalue weighted by Gasteiger charge is 2.62. The zero-order valence-corrected chi connectivity index (χ0v) is 13.2. The van der Waals surface area contributed by atoms with Gasteiger partial charge in [0.2, 0.25) is 5.79 Å². The van der Waals surface area contributed by atoms with E-state index in [1.165, 1.54) is 6.92 Å². The molecule has 1 fully saturated rings. The summed E-state index contributed by atoms with van der Waals surface area (Å²) < 4.78 is 18.1. The van der Waals surface area contributed by atoms with Crippen LogP contribution in [0.1, 0.15) is 11.1 Å². The second-order valence-corrected chi connectivity index (χ2v) is 7.10. The second-order valence-electron chi connectivity index (χ2n) is 5.53. The second kappa shape index (κ2) is 6.34. The van der Waals surface area contributed by atoms with Gasteiger partial charge in [0.25, 0.3) is 0 Å². The molecule has 5 atom stereocenters. The predicted octanol–water partition coefficient (Wildman–Crippen LogP) is -1.97. The molecule has 24 heavy (non-hydrogen) atoms. The van der Waals surface area contributed by atoms with Gasteiger partial charge in [0.05, 0.1) is 0 Å². The van der Waals surface area contributed by atoms with Crippen molar-refractivity contribution in [3.63, 3.8) is 0 Å². The Bertz CT molecular complexity index is 649. The first-order valence-corrected chi connectivity index (χ1v) is 8.37. The van der Waals surface area contributed by atoms with Gasteiger partial charge >= 0.3 is 13.5 Å². The molecule has 1 heterocycles. The summed E-state index contributed by atoms with van der Waals surface area (Å²) in [7, 11) is -5.11. The number of benzene rings is 1. The van der Waals surface area contributed by atoms with Crippen molar-refractivity contribution in [3.05, 3.63) is 35.1 Å². The average molecular weight is 367 g/mol. The van der Waals surface area contributed by atoms with Crippen LogP contribution in [0.25, 0.3) is 0 Å². The molecule has 1 aliphatic heterocycles. The molecule has 1 aliphatic rings. The summed E-state index contributed by atoms with van der Waals surface area (Å²) in [5.74, 6) is -3.43. The lowest BCUT2D eigenvalue weighted by molar-refractivity contribution is -0.346. The van der Waals surface area contributed by atoms with Crippen LogP contribution in [0.5, 0.6) is 0 Å². The zero-order chi connectivity index (χ0) is 18.4. The van der Waals surface area contributed by atoms with Gasteiger partial charge in [0.1, 0.15) is 24.1 Å². The average Bonchev–Trinajstić information content (AvgIpc) is 2.47. The molecule has 0 spiro atoms. The van der Waals surface area contributed by atoms with Gasteiger partial charge in [-0.1, -0.05) is 6.07 Å². The smallest absolute Gasteiger partial charge is 0.387 e. The van der Waals surface area contributed by atoms with Gasteiger partial charge in [0, 0.05) is 5.56 Å². The molecule has 134 valence electrons. The van der Waals surface area contributed by atoms with Crippen LogP contribution in [-0.4, -0.2) is 65.0 Å². The molecule has 0 amide bonds. The molecule has 0 bridgehead atoms. The number of aliphatic hydroxyl groups excluding tert-OH is 3. The third-order valence-electron chi connectivity index (χ3n) is 3.80. The molecule has 1 aromatic rings. The minimum Gasteiger partial charge on any atom is -0.387 e. The molecule has 1 unspecified atom stereocenters. The van der Waals surface area contributed by atoms with E-state index in [0.29, 0.717) is 0 Å². The fraction of sp³-hybridized carbons (Fsp3) is 0.462. The van der Waals surface area contributed by atoms with Crippen molar-refractivity contribution in [2.24, 2.45) is 0 Å². The van der Waals surface area contributed by atoms with Crippen LogP contribution in [0.15, 0.2) is 18.2 Å². The molecule has 0 aromatic heterocycles. The van der Waals surface area contributed by atoms with Gasteiger partial charge < -0.3 is 25.2 Å². The Balaban J connectivity index is 2.50. The van der Waals surface area contributed by atoms with E-state index in [1.807, 2.05) is 0 Å². The van der Waals surface area contributed by atoms with Crippen LogP contribution in [-0.2, 0) is 15.3 Å². The third-order valence-corrected chi connectivity index (χ3v) is 4.65. The Hall–Kier alpha value is -1.07. The molecule has 0 aliphatic carbocycles. The van der Waals surface area contributed by atoms with Crippen LogP contribution >= 0.6 is 7.94 Å². The number of carbonyl (C=O) groups excluding carboxylic acids is 1. The third kappa shape index (κ3) is 3.21. The number of hydrogen-bond donors (Lipinski definition) is 7. The molecular weight excluding hydrogens is 350 g/mol. The van der Waals surface area contributed by atoms with Gasteiger partial charge in [0.15, 0.2) is 6.10 Å². The van der Waals surface area contributed by atoms with Crippen molar-refractivity contribution < 1.29 is 49.0 Å². The van der Waals surface area contributed by atoms with Crippen molar-refractivity contribution in [2.75, 3.05) is 0 Å². The molecule has 1 aromatic carbocycles. The minimum atomic E-state index is -5.11. The number of carbonyl (C=O) groups is 1. The molecule has 2 rings (SSSR count). The van der Waals surface area contributed by atoms with Gasteiger partial charge in [-0.15, -0.1) is 0 Å². The van der Waals surface area contributed by atoms with E-state index in [2.05, 4.69) is 0 Å². The van der Waals surface area contributed by atoms with E-state index in [9.17, 15) is 29.6 Å². The van der Waals surface area contributed by atoms with Crippen LogP contribution in [0.2, 0.25) is 0 Å². The highest BCUT2D eigenvalue weighted by atomic mass is 31.2. The van der Waals surface area contributed by atoms with Crippen LogP contribution in [0.3, 0.4) is 0 Å². The molecule has 11 heteroatoms. The van der Waals surface area contributed by atoms with Crippen molar-refractivity contribution in [3.8, 4) is 0 Å². The molecule has 0 saturated carbocycles. The first-order valence-electron chi connectivity index (χ1n) is 6.72. The summed E-state index contributed by atoms with van der Waals surface area (Å²) in [6.45, 7) is 1.35. The van der Waals surface area contributed by atoms with Crippen molar-refractivity contribution in [2.45, 2.75) is 37.1 Å². The fourth-order valence-electron chi connectivity index (χ4n) is 2.55. The number of aliphatic hydroxyl groups is 4. The number of hydrogen-bond acceptors (Lipinski definition) is 9. The highest BCUT2D eigenvalue weighted by molar-refractivity contribution is 7.76. The maximum Gasteiger partial charge on any atom is 0.481 e. The van der Waals surface area contributed by atoms with Crippen molar-refractivity contribution in [1.29, 1.82) is 0 Å². The number of ether oxygens (including phenoxy) is 1. The van der Waals surface area contributed by atoms with Crippen LogP contribution in [0.4, 0.5) is 4.39 Å². The first-order chi connectivity index (χ1) is 10.9. The maximum atomic E-state index is 13.2. The normalized spacial score (nSPS) is 34.2. The van der Waals surface area contributed by atoms with E-state index in [4.69, 9.17) is 19.4 Å². The lowest BCUT2D eigenvalue weighted by Gasteiger charge is -2.45. The first kappa shape index (κ1) is 19.3. The number of halogens is 1. The maximum absolute atomic E-state index is 13.2. The molecule has 0 radical (unpaired) electrons. The van der Waals surface area contributed by atoms with Gasteiger partial charge in [-0.25, -0.2) is 9.18 Å². The predicted molar refractivity (Wildman–Crippen MR) is 76.5 cm³/mol. The summed E-state index contributed by atoms with van der Waals surface area (Å²) in [6, 6.07) is 2.93. The summed E-state index contributed by atoms with van der Waals surface area (Å²) in [4.78, 5) is 38.9. The lowest BCUT2D eigenvalue weighted by atomic mass is 9.86. The van der Waals surface area contributed by atoms with Crippen LogP contribution < -0.4 is 0 Å². The molecule has 7 N–H and O–H groups in total. The standard InChI is InChI=1S/C13H17FO9P/c1-5-4-6(14)2-3-7(5)13(19)11(17)9(16)8(15)10(23-13)12(18)24(20,21)22/h2-4,8-11,15-17,19-22H,1H3/q+1/t8-,9-,10-,11-,13?/m0/s1. The molecular formula is C13H17FO9P+. The lowest BCUT2D eigenvalue weighted by Crippen LogP contribution is -2.64. The van der Waals surface area contributed by atoms with E-state index in [1.54, 1.807) is 0 Å². The quantitative estimate of drug-likeness (QED) is 0.300.